The molecule has 0 aliphatic heterocycles. The number of anilines is 1. The SMILES string of the molecule is Cc1cc(Sc2ncnc(NN)c2C)n(C)n1. The zero-order chi connectivity index (χ0) is 12.4. The van der Waals surface area contributed by atoms with Crippen molar-refractivity contribution >= 4 is 17.6 Å². The van der Waals surface area contributed by atoms with Crippen LogP contribution < -0.4 is 11.3 Å². The first-order valence-electron chi connectivity index (χ1n) is 5.08. The van der Waals surface area contributed by atoms with E-state index in [1.807, 2.05) is 31.6 Å². The Morgan fingerprint density at radius 2 is 2.12 bits per heavy atom. The second-order valence-electron chi connectivity index (χ2n) is 3.65. The van der Waals surface area contributed by atoms with Gasteiger partial charge in [-0.25, -0.2) is 15.8 Å². The number of hydrogen-bond donors (Lipinski definition) is 2. The molecule has 0 unspecified atom stereocenters. The summed E-state index contributed by atoms with van der Waals surface area (Å²) in [6, 6.07) is 2.02. The van der Waals surface area contributed by atoms with Gasteiger partial charge in [0.15, 0.2) is 0 Å². The molecular weight excluding hydrogens is 236 g/mol. The zero-order valence-corrected chi connectivity index (χ0v) is 10.7. The molecule has 90 valence electrons. The van der Waals surface area contributed by atoms with Crippen LogP contribution in [-0.4, -0.2) is 19.7 Å². The highest BCUT2D eigenvalue weighted by Gasteiger charge is 2.10. The van der Waals surface area contributed by atoms with E-state index in [2.05, 4.69) is 20.5 Å². The second kappa shape index (κ2) is 4.72. The molecule has 0 aliphatic carbocycles. The lowest BCUT2D eigenvalue weighted by atomic mass is 10.3. The van der Waals surface area contributed by atoms with Crippen LogP contribution in [0.5, 0.6) is 0 Å². The molecule has 0 saturated heterocycles. The van der Waals surface area contributed by atoms with E-state index >= 15 is 0 Å². The molecule has 2 aromatic heterocycles. The molecule has 0 aliphatic rings. The van der Waals surface area contributed by atoms with E-state index in [4.69, 9.17) is 5.84 Å². The molecule has 0 bridgehead atoms. The third kappa shape index (κ3) is 2.40. The van der Waals surface area contributed by atoms with Crippen molar-refractivity contribution in [2.75, 3.05) is 5.43 Å². The molecule has 0 radical (unpaired) electrons. The minimum Gasteiger partial charge on any atom is -0.308 e. The van der Waals surface area contributed by atoms with Crippen molar-refractivity contribution < 1.29 is 0 Å². The van der Waals surface area contributed by atoms with E-state index in [0.29, 0.717) is 5.82 Å². The summed E-state index contributed by atoms with van der Waals surface area (Å²) in [5.41, 5.74) is 4.47. The lowest BCUT2D eigenvalue weighted by molar-refractivity contribution is 0.692. The van der Waals surface area contributed by atoms with Crippen LogP contribution in [0.15, 0.2) is 22.4 Å². The summed E-state index contributed by atoms with van der Waals surface area (Å²) in [7, 11) is 1.91. The lowest BCUT2D eigenvalue weighted by Crippen LogP contribution is -2.11. The first-order chi connectivity index (χ1) is 8.11. The fourth-order valence-electron chi connectivity index (χ4n) is 1.46. The molecule has 7 heteroatoms. The van der Waals surface area contributed by atoms with Gasteiger partial charge >= 0.3 is 0 Å². The minimum atomic E-state index is 0.640. The quantitative estimate of drug-likeness (QED) is 0.485. The molecule has 0 atom stereocenters. The molecule has 2 heterocycles. The Hall–Kier alpha value is -1.60. The van der Waals surface area contributed by atoms with Gasteiger partial charge in [0, 0.05) is 12.6 Å². The van der Waals surface area contributed by atoms with E-state index in [0.717, 1.165) is 21.3 Å². The molecule has 0 aromatic carbocycles. The minimum absolute atomic E-state index is 0.640. The molecule has 0 amide bonds. The van der Waals surface area contributed by atoms with Gasteiger partial charge in [0.05, 0.1) is 5.69 Å². The van der Waals surface area contributed by atoms with Crippen molar-refractivity contribution in [3.05, 3.63) is 23.7 Å². The van der Waals surface area contributed by atoms with Crippen LogP contribution in [0.25, 0.3) is 0 Å². The Morgan fingerprint density at radius 1 is 1.35 bits per heavy atom. The van der Waals surface area contributed by atoms with Gasteiger partial charge < -0.3 is 5.43 Å². The highest BCUT2D eigenvalue weighted by molar-refractivity contribution is 7.99. The highest BCUT2D eigenvalue weighted by Crippen LogP contribution is 2.30. The fraction of sp³-hybridized carbons (Fsp3) is 0.300. The number of aromatic nitrogens is 4. The first-order valence-corrected chi connectivity index (χ1v) is 5.90. The van der Waals surface area contributed by atoms with Crippen LogP contribution in [0.1, 0.15) is 11.3 Å². The number of hydrogen-bond acceptors (Lipinski definition) is 6. The van der Waals surface area contributed by atoms with E-state index in [1.165, 1.54) is 6.33 Å². The van der Waals surface area contributed by atoms with Crippen LogP contribution in [0, 0.1) is 13.8 Å². The molecule has 0 fully saturated rings. The largest absolute Gasteiger partial charge is 0.308 e. The monoisotopic (exact) mass is 250 g/mol. The van der Waals surface area contributed by atoms with Gasteiger partial charge in [0.2, 0.25) is 0 Å². The Kier molecular flexibility index (Phi) is 3.30. The number of nitrogens with zero attached hydrogens (tertiary/aromatic N) is 4. The normalized spacial score (nSPS) is 10.6. The fourth-order valence-corrected chi connectivity index (χ4v) is 2.41. The van der Waals surface area contributed by atoms with E-state index in [-0.39, 0.29) is 0 Å². The van der Waals surface area contributed by atoms with Crippen molar-refractivity contribution in [1.29, 1.82) is 0 Å². The van der Waals surface area contributed by atoms with Gasteiger partial charge in [0.25, 0.3) is 0 Å². The molecule has 6 nitrogen and oxygen atoms in total. The first kappa shape index (κ1) is 11.9. The molecule has 0 spiro atoms. The maximum atomic E-state index is 5.38. The molecular formula is C10H14N6S. The van der Waals surface area contributed by atoms with Gasteiger partial charge in [-0.05, 0) is 31.7 Å². The molecule has 3 N–H and O–H groups in total. The topological polar surface area (TPSA) is 81.6 Å². The third-order valence-corrected chi connectivity index (χ3v) is 3.53. The van der Waals surface area contributed by atoms with Crippen LogP contribution in [0.4, 0.5) is 5.82 Å². The predicted octanol–water partition coefficient (Wildman–Crippen LogP) is 1.26. The maximum absolute atomic E-state index is 5.38. The van der Waals surface area contributed by atoms with E-state index < -0.39 is 0 Å². The smallest absolute Gasteiger partial charge is 0.147 e. The van der Waals surface area contributed by atoms with Crippen molar-refractivity contribution in [3.8, 4) is 0 Å². The number of hydrazine groups is 1. The number of aryl methyl sites for hydroxylation is 2. The van der Waals surface area contributed by atoms with Crippen molar-refractivity contribution in [2.45, 2.75) is 23.9 Å². The summed E-state index contributed by atoms with van der Waals surface area (Å²) in [4.78, 5) is 8.29. The summed E-state index contributed by atoms with van der Waals surface area (Å²) in [6.07, 6.45) is 1.49. The third-order valence-electron chi connectivity index (χ3n) is 2.33. The maximum Gasteiger partial charge on any atom is 0.147 e. The Bertz CT molecular complexity index is 536. The number of rotatable bonds is 3. The molecule has 2 aromatic rings. The van der Waals surface area contributed by atoms with Crippen molar-refractivity contribution in [2.24, 2.45) is 12.9 Å². The molecule has 2 rings (SSSR count). The molecule has 17 heavy (non-hydrogen) atoms. The Labute approximate surface area is 104 Å². The number of nitrogens with one attached hydrogen (secondary N) is 1. The summed E-state index contributed by atoms with van der Waals surface area (Å²) in [6.45, 7) is 3.89. The van der Waals surface area contributed by atoms with Crippen molar-refractivity contribution in [3.63, 3.8) is 0 Å². The average molecular weight is 250 g/mol. The predicted molar refractivity (Wildman–Crippen MR) is 66.6 cm³/mol. The van der Waals surface area contributed by atoms with Crippen LogP contribution in [-0.2, 0) is 7.05 Å². The number of nitrogen functional groups attached to an aromatic ring is 1. The second-order valence-corrected chi connectivity index (χ2v) is 4.66. The molecule has 0 saturated carbocycles. The van der Waals surface area contributed by atoms with Crippen LogP contribution in [0.2, 0.25) is 0 Å². The van der Waals surface area contributed by atoms with Gasteiger partial charge in [-0.3, -0.25) is 4.68 Å². The summed E-state index contributed by atoms with van der Waals surface area (Å²) in [5, 5.41) is 6.20. The average Bonchev–Trinajstić information content (AvgIpc) is 2.60. The summed E-state index contributed by atoms with van der Waals surface area (Å²) in [5.74, 6) is 6.02. The van der Waals surface area contributed by atoms with E-state index in [1.54, 1.807) is 11.8 Å². The standard InChI is InChI=1S/C10H14N6S/c1-6-4-8(16(3)15-6)17-10-7(2)9(14-11)12-5-13-10/h4-5H,11H2,1-3H3,(H,12,13,14). The Balaban J connectivity index is 2.33. The summed E-state index contributed by atoms with van der Waals surface area (Å²) < 4.78 is 1.83. The van der Waals surface area contributed by atoms with E-state index in [9.17, 15) is 0 Å². The van der Waals surface area contributed by atoms with Gasteiger partial charge in [-0.2, -0.15) is 5.10 Å². The zero-order valence-electron chi connectivity index (χ0n) is 9.93. The number of nitrogens with two attached hydrogens (primary N) is 1. The Morgan fingerprint density at radius 3 is 2.71 bits per heavy atom. The highest BCUT2D eigenvalue weighted by atomic mass is 32.2. The van der Waals surface area contributed by atoms with Gasteiger partial charge in [-0.15, -0.1) is 0 Å². The van der Waals surface area contributed by atoms with Crippen LogP contribution >= 0.6 is 11.8 Å². The van der Waals surface area contributed by atoms with Gasteiger partial charge in [0.1, 0.15) is 22.2 Å². The summed E-state index contributed by atoms with van der Waals surface area (Å²) >= 11 is 1.54. The lowest BCUT2D eigenvalue weighted by Gasteiger charge is -2.07. The van der Waals surface area contributed by atoms with Crippen molar-refractivity contribution in [1.82, 2.24) is 19.7 Å². The van der Waals surface area contributed by atoms with Gasteiger partial charge in [-0.1, -0.05) is 0 Å². The van der Waals surface area contributed by atoms with Crippen LogP contribution in [0.3, 0.4) is 0 Å².